The third-order valence-electron chi connectivity index (χ3n) is 2.61. The van der Waals surface area contributed by atoms with E-state index in [9.17, 15) is 8.42 Å². The SMILES string of the molecule is COc1ccc(Cl)c(NS(=O)(=O)c2ccnc(NN)c2)c1. The van der Waals surface area contributed by atoms with Crippen LogP contribution in [0.4, 0.5) is 11.5 Å². The minimum absolute atomic E-state index is 0.00402. The fourth-order valence-corrected chi connectivity index (χ4v) is 2.87. The lowest BCUT2D eigenvalue weighted by atomic mass is 10.3. The maximum Gasteiger partial charge on any atom is 0.262 e. The van der Waals surface area contributed by atoms with Gasteiger partial charge in [-0.1, -0.05) is 11.6 Å². The summed E-state index contributed by atoms with van der Waals surface area (Å²) in [6, 6.07) is 7.30. The number of halogens is 1. The first-order valence-electron chi connectivity index (χ1n) is 5.75. The molecule has 1 aromatic heterocycles. The van der Waals surface area contributed by atoms with Crippen LogP contribution in [0.25, 0.3) is 0 Å². The Morgan fingerprint density at radius 1 is 1.29 bits per heavy atom. The van der Waals surface area contributed by atoms with Crippen molar-refractivity contribution < 1.29 is 13.2 Å². The van der Waals surface area contributed by atoms with E-state index in [2.05, 4.69) is 15.1 Å². The van der Waals surface area contributed by atoms with Crippen molar-refractivity contribution in [3.8, 4) is 5.75 Å². The third-order valence-corrected chi connectivity index (χ3v) is 4.30. The predicted molar refractivity (Wildman–Crippen MR) is 80.9 cm³/mol. The lowest BCUT2D eigenvalue weighted by molar-refractivity contribution is 0.415. The van der Waals surface area contributed by atoms with Crippen molar-refractivity contribution in [3.63, 3.8) is 0 Å². The Morgan fingerprint density at radius 3 is 2.71 bits per heavy atom. The largest absolute Gasteiger partial charge is 0.497 e. The molecule has 0 aliphatic carbocycles. The summed E-state index contributed by atoms with van der Waals surface area (Å²) in [5, 5.41) is 0.255. The van der Waals surface area contributed by atoms with Crippen molar-refractivity contribution in [1.29, 1.82) is 0 Å². The van der Waals surface area contributed by atoms with Gasteiger partial charge in [-0.15, -0.1) is 0 Å². The Labute approximate surface area is 127 Å². The molecule has 2 aromatic rings. The first-order chi connectivity index (χ1) is 9.96. The van der Waals surface area contributed by atoms with Gasteiger partial charge in [-0.25, -0.2) is 19.2 Å². The Balaban J connectivity index is 2.37. The van der Waals surface area contributed by atoms with Crippen molar-refractivity contribution in [3.05, 3.63) is 41.6 Å². The van der Waals surface area contributed by atoms with Crippen LogP contribution in [0.1, 0.15) is 0 Å². The highest BCUT2D eigenvalue weighted by Crippen LogP contribution is 2.28. The highest BCUT2D eigenvalue weighted by Gasteiger charge is 2.17. The summed E-state index contributed by atoms with van der Waals surface area (Å²) in [4.78, 5) is 3.85. The van der Waals surface area contributed by atoms with Gasteiger partial charge in [0.15, 0.2) is 0 Å². The minimum atomic E-state index is -3.82. The fourth-order valence-electron chi connectivity index (χ4n) is 1.57. The van der Waals surface area contributed by atoms with Crippen LogP contribution in [-0.4, -0.2) is 20.5 Å². The van der Waals surface area contributed by atoms with Crippen LogP contribution in [0, 0.1) is 0 Å². The number of nitrogens with one attached hydrogen (secondary N) is 2. The summed E-state index contributed by atoms with van der Waals surface area (Å²) < 4.78 is 32.1. The summed E-state index contributed by atoms with van der Waals surface area (Å²) in [6.45, 7) is 0. The normalized spacial score (nSPS) is 11.0. The number of nitrogens with two attached hydrogens (primary N) is 1. The average molecular weight is 329 g/mol. The topological polar surface area (TPSA) is 106 Å². The summed E-state index contributed by atoms with van der Waals surface area (Å²) in [5.41, 5.74) is 2.50. The van der Waals surface area contributed by atoms with E-state index < -0.39 is 10.0 Å². The lowest BCUT2D eigenvalue weighted by Crippen LogP contribution is -2.15. The Bertz CT molecular complexity index is 752. The number of sulfonamides is 1. The molecule has 0 radical (unpaired) electrons. The monoisotopic (exact) mass is 328 g/mol. The summed E-state index contributed by atoms with van der Waals surface area (Å²) in [5.74, 6) is 5.92. The van der Waals surface area contributed by atoms with Crippen LogP contribution >= 0.6 is 11.6 Å². The number of ether oxygens (including phenoxy) is 1. The first-order valence-corrected chi connectivity index (χ1v) is 7.61. The van der Waals surface area contributed by atoms with Crippen molar-refractivity contribution in [1.82, 2.24) is 4.98 Å². The number of hydrazine groups is 1. The maximum absolute atomic E-state index is 12.3. The number of rotatable bonds is 5. The Kier molecular flexibility index (Phi) is 4.51. The van der Waals surface area contributed by atoms with Gasteiger partial charge in [0.05, 0.1) is 22.7 Å². The lowest BCUT2D eigenvalue weighted by Gasteiger charge is -2.11. The maximum atomic E-state index is 12.3. The molecule has 0 saturated carbocycles. The van der Waals surface area contributed by atoms with E-state index >= 15 is 0 Å². The molecule has 0 bridgehead atoms. The molecule has 9 heteroatoms. The number of pyridine rings is 1. The minimum Gasteiger partial charge on any atom is -0.497 e. The van der Waals surface area contributed by atoms with Crippen molar-refractivity contribution in [2.24, 2.45) is 5.84 Å². The quantitative estimate of drug-likeness (QED) is 0.571. The van der Waals surface area contributed by atoms with Gasteiger partial charge < -0.3 is 10.2 Å². The molecule has 0 spiro atoms. The Hall–Kier alpha value is -2.03. The zero-order valence-corrected chi connectivity index (χ0v) is 12.6. The van der Waals surface area contributed by atoms with E-state index in [1.54, 1.807) is 6.07 Å². The van der Waals surface area contributed by atoms with Gasteiger partial charge in [0.25, 0.3) is 10.0 Å². The summed E-state index contributed by atoms with van der Waals surface area (Å²) in [7, 11) is -2.34. The van der Waals surface area contributed by atoms with E-state index in [-0.39, 0.29) is 21.4 Å². The average Bonchev–Trinajstić information content (AvgIpc) is 2.49. The third kappa shape index (κ3) is 3.54. The molecule has 1 aromatic carbocycles. The molecule has 0 aliphatic rings. The molecular formula is C12H13ClN4O3S. The molecule has 0 aliphatic heterocycles. The van der Waals surface area contributed by atoms with Crippen LogP contribution in [0.5, 0.6) is 5.75 Å². The molecule has 1 heterocycles. The van der Waals surface area contributed by atoms with E-state index in [1.807, 2.05) is 0 Å². The molecular weight excluding hydrogens is 316 g/mol. The van der Waals surface area contributed by atoms with Crippen molar-refractivity contribution in [2.75, 3.05) is 17.3 Å². The molecule has 112 valence electrons. The molecule has 7 nitrogen and oxygen atoms in total. The highest BCUT2D eigenvalue weighted by atomic mass is 35.5. The van der Waals surface area contributed by atoms with Gasteiger partial charge in [0, 0.05) is 18.3 Å². The summed E-state index contributed by atoms with van der Waals surface area (Å²) in [6.07, 6.45) is 1.33. The number of aromatic nitrogens is 1. The molecule has 0 amide bonds. The van der Waals surface area contributed by atoms with Gasteiger partial charge >= 0.3 is 0 Å². The van der Waals surface area contributed by atoms with Crippen LogP contribution < -0.4 is 20.7 Å². The molecule has 2 rings (SSSR count). The number of hydrogen-bond donors (Lipinski definition) is 3. The van der Waals surface area contributed by atoms with E-state index in [4.69, 9.17) is 22.2 Å². The van der Waals surface area contributed by atoms with E-state index in [0.29, 0.717) is 5.75 Å². The van der Waals surface area contributed by atoms with Gasteiger partial charge in [-0.05, 0) is 18.2 Å². The smallest absolute Gasteiger partial charge is 0.262 e. The Morgan fingerprint density at radius 2 is 2.05 bits per heavy atom. The second-order valence-corrected chi connectivity index (χ2v) is 6.06. The number of nitrogens with zero attached hydrogens (tertiary/aromatic N) is 1. The van der Waals surface area contributed by atoms with Crippen LogP contribution in [-0.2, 0) is 10.0 Å². The predicted octanol–water partition coefficient (Wildman–Crippen LogP) is 1.83. The van der Waals surface area contributed by atoms with Crippen LogP contribution in [0.3, 0.4) is 0 Å². The molecule has 0 unspecified atom stereocenters. The number of methoxy groups -OCH3 is 1. The van der Waals surface area contributed by atoms with E-state index in [0.717, 1.165) is 0 Å². The van der Waals surface area contributed by atoms with Gasteiger partial charge in [0.2, 0.25) is 0 Å². The molecule has 0 fully saturated rings. The van der Waals surface area contributed by atoms with Crippen molar-refractivity contribution in [2.45, 2.75) is 4.90 Å². The van der Waals surface area contributed by atoms with E-state index in [1.165, 1.54) is 37.6 Å². The zero-order valence-electron chi connectivity index (χ0n) is 11.0. The summed E-state index contributed by atoms with van der Waals surface area (Å²) >= 11 is 5.98. The standard InChI is InChI=1S/C12H13ClN4O3S/c1-20-8-2-3-10(13)11(6-8)17-21(18,19)9-4-5-15-12(7-9)16-14/h2-7,17H,14H2,1H3,(H,15,16). The second kappa shape index (κ2) is 6.17. The van der Waals surface area contributed by atoms with Gasteiger partial charge in [-0.2, -0.15) is 0 Å². The molecule has 21 heavy (non-hydrogen) atoms. The van der Waals surface area contributed by atoms with Crippen LogP contribution in [0.2, 0.25) is 5.02 Å². The first kappa shape index (κ1) is 15.4. The number of benzene rings is 1. The van der Waals surface area contributed by atoms with Crippen LogP contribution in [0.15, 0.2) is 41.4 Å². The number of anilines is 2. The number of hydrogen-bond acceptors (Lipinski definition) is 6. The molecule has 0 atom stereocenters. The molecule has 4 N–H and O–H groups in total. The van der Waals surface area contributed by atoms with Gasteiger partial charge in [-0.3, -0.25) is 4.72 Å². The highest BCUT2D eigenvalue weighted by molar-refractivity contribution is 7.92. The van der Waals surface area contributed by atoms with Gasteiger partial charge in [0.1, 0.15) is 11.6 Å². The zero-order chi connectivity index (χ0) is 15.5. The number of nitrogen functional groups attached to an aromatic ring is 1. The second-order valence-electron chi connectivity index (χ2n) is 3.97. The fraction of sp³-hybridized carbons (Fsp3) is 0.0833. The molecule has 0 saturated heterocycles. The van der Waals surface area contributed by atoms with Crippen molar-refractivity contribution >= 4 is 33.1 Å².